The first kappa shape index (κ1) is 18.6. The molecule has 0 aliphatic carbocycles. The summed E-state index contributed by atoms with van der Waals surface area (Å²) in [6, 6.07) is 11.0. The van der Waals surface area contributed by atoms with Crippen molar-refractivity contribution in [2.24, 2.45) is 5.10 Å². The molecule has 0 spiro atoms. The molecule has 138 valence electrons. The van der Waals surface area contributed by atoms with Gasteiger partial charge in [-0.1, -0.05) is 15.9 Å². The highest BCUT2D eigenvalue weighted by atomic mass is 79.9. The van der Waals surface area contributed by atoms with E-state index in [-0.39, 0.29) is 11.4 Å². The number of halogens is 1. The highest BCUT2D eigenvalue weighted by Crippen LogP contribution is 2.24. The van der Waals surface area contributed by atoms with Crippen molar-refractivity contribution in [3.05, 3.63) is 68.4 Å². The Kier molecular flexibility index (Phi) is 5.51. The Morgan fingerprint density at radius 1 is 1.33 bits per heavy atom. The van der Waals surface area contributed by atoms with Gasteiger partial charge >= 0.3 is 5.91 Å². The quantitative estimate of drug-likeness (QED) is 0.356. The number of hydrazone groups is 1. The highest BCUT2D eigenvalue weighted by Gasteiger charge is 2.14. The SMILES string of the molecule is CCOc1ccc(Br)cc1/C=N/NC(=O)c1cc2cc([N+](=O)[O-])ccc2o1. The summed E-state index contributed by atoms with van der Waals surface area (Å²) in [6.45, 7) is 2.37. The van der Waals surface area contributed by atoms with E-state index in [0.29, 0.717) is 28.9 Å². The van der Waals surface area contributed by atoms with Gasteiger partial charge in [-0.3, -0.25) is 14.9 Å². The minimum absolute atomic E-state index is 0.00178. The maximum absolute atomic E-state index is 12.2. The topological polar surface area (TPSA) is 107 Å². The molecule has 0 bridgehead atoms. The van der Waals surface area contributed by atoms with Crippen molar-refractivity contribution < 1.29 is 18.9 Å². The molecule has 0 atom stereocenters. The largest absolute Gasteiger partial charge is 0.493 e. The molecule has 0 saturated heterocycles. The monoisotopic (exact) mass is 431 g/mol. The van der Waals surface area contributed by atoms with Gasteiger partial charge in [-0.05, 0) is 37.3 Å². The fourth-order valence-corrected chi connectivity index (χ4v) is 2.76. The first-order chi connectivity index (χ1) is 13.0. The Labute approximate surface area is 162 Å². The predicted octanol–water partition coefficient (Wildman–Crippen LogP) is 4.27. The summed E-state index contributed by atoms with van der Waals surface area (Å²) in [4.78, 5) is 22.5. The summed E-state index contributed by atoms with van der Waals surface area (Å²) in [5.74, 6) is 0.0646. The lowest BCUT2D eigenvalue weighted by Gasteiger charge is -2.06. The lowest BCUT2D eigenvalue weighted by atomic mass is 10.2. The Morgan fingerprint density at radius 2 is 2.15 bits per heavy atom. The van der Waals surface area contributed by atoms with E-state index in [1.807, 2.05) is 13.0 Å². The molecule has 0 saturated carbocycles. The molecule has 0 aliphatic heterocycles. The van der Waals surface area contributed by atoms with E-state index in [4.69, 9.17) is 9.15 Å². The van der Waals surface area contributed by atoms with Crippen LogP contribution < -0.4 is 10.2 Å². The number of nitrogens with zero attached hydrogens (tertiary/aromatic N) is 2. The number of rotatable bonds is 6. The van der Waals surface area contributed by atoms with Crippen LogP contribution in [0.3, 0.4) is 0 Å². The average molecular weight is 432 g/mol. The molecule has 27 heavy (non-hydrogen) atoms. The molecule has 1 amide bonds. The summed E-state index contributed by atoms with van der Waals surface area (Å²) < 4.78 is 11.8. The normalized spacial score (nSPS) is 11.0. The summed E-state index contributed by atoms with van der Waals surface area (Å²) in [6.07, 6.45) is 1.46. The van der Waals surface area contributed by atoms with Crippen LogP contribution >= 0.6 is 15.9 Å². The van der Waals surface area contributed by atoms with Crippen LogP contribution in [0, 0.1) is 10.1 Å². The number of furan rings is 1. The lowest BCUT2D eigenvalue weighted by Crippen LogP contribution is -2.16. The molecule has 9 heteroatoms. The fraction of sp³-hybridized carbons (Fsp3) is 0.111. The van der Waals surface area contributed by atoms with E-state index in [9.17, 15) is 14.9 Å². The zero-order valence-corrected chi connectivity index (χ0v) is 15.7. The zero-order valence-electron chi connectivity index (χ0n) is 14.1. The van der Waals surface area contributed by atoms with Gasteiger partial charge < -0.3 is 9.15 Å². The number of carbonyl (C=O) groups excluding carboxylic acids is 1. The Balaban J connectivity index is 1.76. The molecule has 1 heterocycles. The number of non-ortho nitro benzene ring substituents is 1. The third-order valence-electron chi connectivity index (χ3n) is 3.58. The number of nitrogens with one attached hydrogen (secondary N) is 1. The highest BCUT2D eigenvalue weighted by molar-refractivity contribution is 9.10. The van der Waals surface area contributed by atoms with E-state index in [1.54, 1.807) is 12.1 Å². The maximum atomic E-state index is 12.2. The number of ether oxygens (including phenoxy) is 1. The number of nitro groups is 1. The van der Waals surface area contributed by atoms with Crippen LogP contribution in [-0.4, -0.2) is 23.7 Å². The number of fused-ring (bicyclic) bond motifs is 1. The molecule has 0 fully saturated rings. The lowest BCUT2D eigenvalue weighted by molar-refractivity contribution is -0.384. The third-order valence-corrected chi connectivity index (χ3v) is 4.07. The summed E-state index contributed by atoms with van der Waals surface area (Å²) in [5, 5.41) is 15.2. The van der Waals surface area contributed by atoms with E-state index in [0.717, 1.165) is 4.47 Å². The van der Waals surface area contributed by atoms with Crippen LogP contribution in [0.4, 0.5) is 5.69 Å². The smallest absolute Gasteiger partial charge is 0.307 e. The van der Waals surface area contributed by atoms with Crippen molar-refractivity contribution in [1.82, 2.24) is 5.43 Å². The molecular formula is C18H14BrN3O5. The molecule has 8 nitrogen and oxygen atoms in total. The summed E-state index contributed by atoms with van der Waals surface area (Å²) in [5.41, 5.74) is 3.35. The molecule has 3 rings (SSSR count). The van der Waals surface area contributed by atoms with E-state index >= 15 is 0 Å². The molecule has 3 aromatic rings. The molecule has 0 aliphatic rings. The predicted molar refractivity (Wildman–Crippen MR) is 103 cm³/mol. The molecule has 1 aromatic heterocycles. The standard InChI is InChI=1S/C18H14BrN3O5/c1-2-26-15-5-3-13(19)7-12(15)10-20-21-18(23)17-9-11-8-14(22(24)25)4-6-16(11)27-17/h3-10H,2H2,1H3,(H,21,23)/b20-10+. The van der Waals surface area contributed by atoms with Gasteiger partial charge in [0.15, 0.2) is 5.76 Å². The molecular weight excluding hydrogens is 418 g/mol. The van der Waals surface area contributed by atoms with Crippen molar-refractivity contribution in [2.75, 3.05) is 6.61 Å². The molecule has 2 aromatic carbocycles. The Hall–Kier alpha value is -3.20. The van der Waals surface area contributed by atoms with Crippen molar-refractivity contribution in [3.8, 4) is 5.75 Å². The first-order valence-electron chi connectivity index (χ1n) is 7.91. The first-order valence-corrected chi connectivity index (χ1v) is 8.71. The second-order valence-corrected chi connectivity index (χ2v) is 6.32. The number of carbonyl (C=O) groups is 1. The number of benzene rings is 2. The van der Waals surface area contributed by atoms with Crippen LogP contribution in [0.1, 0.15) is 23.0 Å². The van der Waals surface area contributed by atoms with Crippen LogP contribution in [0.2, 0.25) is 0 Å². The van der Waals surface area contributed by atoms with Gasteiger partial charge in [0.2, 0.25) is 0 Å². The molecule has 0 unspecified atom stereocenters. The van der Waals surface area contributed by atoms with Crippen molar-refractivity contribution >= 4 is 44.7 Å². The van der Waals surface area contributed by atoms with E-state index < -0.39 is 10.8 Å². The van der Waals surface area contributed by atoms with Crippen molar-refractivity contribution in [2.45, 2.75) is 6.92 Å². The fourth-order valence-electron chi connectivity index (χ4n) is 2.38. The number of amides is 1. The minimum atomic E-state index is -0.571. The van der Waals surface area contributed by atoms with E-state index in [2.05, 4.69) is 26.5 Å². The van der Waals surface area contributed by atoms with Gasteiger partial charge in [0.25, 0.3) is 5.69 Å². The van der Waals surface area contributed by atoms with E-state index in [1.165, 1.54) is 30.5 Å². The van der Waals surface area contributed by atoms with Crippen LogP contribution in [0.5, 0.6) is 5.75 Å². The third kappa shape index (κ3) is 4.32. The van der Waals surface area contributed by atoms with Gasteiger partial charge in [0.05, 0.1) is 17.7 Å². The maximum Gasteiger partial charge on any atom is 0.307 e. The number of nitro benzene ring substituents is 1. The summed E-state index contributed by atoms with van der Waals surface area (Å²) >= 11 is 3.37. The van der Waals surface area contributed by atoms with Gasteiger partial charge in [0, 0.05) is 27.6 Å². The average Bonchev–Trinajstić information content (AvgIpc) is 3.07. The van der Waals surface area contributed by atoms with Gasteiger partial charge in [-0.15, -0.1) is 0 Å². The van der Waals surface area contributed by atoms with Crippen LogP contribution in [-0.2, 0) is 0 Å². The van der Waals surface area contributed by atoms with Gasteiger partial charge in [0.1, 0.15) is 11.3 Å². The second kappa shape index (κ2) is 8.00. The zero-order chi connectivity index (χ0) is 19.4. The van der Waals surface area contributed by atoms with Crippen LogP contribution in [0.15, 0.2) is 56.5 Å². The van der Waals surface area contributed by atoms with Gasteiger partial charge in [-0.25, -0.2) is 5.43 Å². The minimum Gasteiger partial charge on any atom is -0.493 e. The second-order valence-electron chi connectivity index (χ2n) is 5.40. The van der Waals surface area contributed by atoms with Crippen molar-refractivity contribution in [1.29, 1.82) is 0 Å². The van der Waals surface area contributed by atoms with Crippen molar-refractivity contribution in [3.63, 3.8) is 0 Å². The number of hydrogen-bond donors (Lipinski definition) is 1. The molecule has 1 N–H and O–H groups in total. The van der Waals surface area contributed by atoms with Crippen LogP contribution in [0.25, 0.3) is 11.0 Å². The Morgan fingerprint density at radius 3 is 2.89 bits per heavy atom. The Bertz CT molecular complexity index is 1040. The molecule has 0 radical (unpaired) electrons. The number of hydrogen-bond acceptors (Lipinski definition) is 6. The van der Waals surface area contributed by atoms with Gasteiger partial charge in [-0.2, -0.15) is 5.10 Å². The summed E-state index contributed by atoms with van der Waals surface area (Å²) in [7, 11) is 0.